The first kappa shape index (κ1) is 16.3. The number of methoxy groups -OCH3 is 1. The molecule has 2 rings (SSSR count). The Morgan fingerprint density at radius 3 is 2.48 bits per heavy atom. The molecule has 0 unspecified atom stereocenters. The van der Waals surface area contributed by atoms with Gasteiger partial charge < -0.3 is 15.0 Å². The number of unbranched alkanes of at least 4 members (excludes halogenated alkanes) is 1. The summed E-state index contributed by atoms with van der Waals surface area (Å²) in [7, 11) is 1.76. The van der Waals surface area contributed by atoms with Gasteiger partial charge in [-0.1, -0.05) is 0 Å². The van der Waals surface area contributed by atoms with Crippen molar-refractivity contribution in [2.45, 2.75) is 40.0 Å². The van der Waals surface area contributed by atoms with E-state index in [0.29, 0.717) is 0 Å². The summed E-state index contributed by atoms with van der Waals surface area (Å²) in [6.07, 6.45) is 3.76. The molecule has 1 aromatic rings. The molecule has 1 aliphatic rings. The van der Waals surface area contributed by atoms with Crippen LogP contribution in [0.25, 0.3) is 0 Å². The molecule has 0 bridgehead atoms. The summed E-state index contributed by atoms with van der Waals surface area (Å²) in [6, 6.07) is 2.19. The van der Waals surface area contributed by atoms with Crippen molar-refractivity contribution in [3.63, 3.8) is 0 Å². The zero-order valence-corrected chi connectivity index (χ0v) is 14.1. The zero-order chi connectivity index (χ0) is 15.2. The van der Waals surface area contributed by atoms with E-state index < -0.39 is 0 Å². The average Bonchev–Trinajstić information content (AvgIpc) is 2.51. The maximum atomic E-state index is 5.45. The molecule has 0 spiro atoms. The Labute approximate surface area is 129 Å². The van der Waals surface area contributed by atoms with Crippen molar-refractivity contribution in [2.75, 3.05) is 39.8 Å². The van der Waals surface area contributed by atoms with E-state index in [-0.39, 0.29) is 0 Å². The number of nitrogens with one attached hydrogen (secondary N) is 1. The van der Waals surface area contributed by atoms with Crippen LogP contribution in [0.3, 0.4) is 0 Å². The molecule has 0 amide bonds. The first-order chi connectivity index (χ1) is 10.1. The molecule has 21 heavy (non-hydrogen) atoms. The minimum atomic E-state index is 1.02. The van der Waals surface area contributed by atoms with E-state index in [2.05, 4.69) is 37.1 Å². The molecule has 3 nitrogen and oxygen atoms in total. The highest BCUT2D eigenvalue weighted by atomic mass is 16.5. The van der Waals surface area contributed by atoms with Crippen LogP contribution < -0.4 is 10.1 Å². The van der Waals surface area contributed by atoms with Gasteiger partial charge >= 0.3 is 0 Å². The second kappa shape index (κ2) is 7.81. The largest absolute Gasteiger partial charge is 0.496 e. The normalized spacial score (nSPS) is 16.2. The highest BCUT2D eigenvalue weighted by Crippen LogP contribution is 2.28. The Balaban J connectivity index is 1.86. The molecule has 1 heterocycles. The van der Waals surface area contributed by atoms with Crippen LogP contribution in [0.4, 0.5) is 0 Å². The number of rotatable bonds is 6. The van der Waals surface area contributed by atoms with Gasteiger partial charge in [-0.05, 0) is 74.9 Å². The molecule has 118 valence electrons. The van der Waals surface area contributed by atoms with Crippen LogP contribution in [0.5, 0.6) is 5.75 Å². The lowest BCUT2D eigenvalue weighted by Gasteiger charge is -2.27. The second-order valence-electron chi connectivity index (χ2n) is 6.17. The third-order valence-corrected chi connectivity index (χ3v) is 4.79. The number of hydrogen-bond donors (Lipinski definition) is 1. The third kappa shape index (κ3) is 4.21. The zero-order valence-electron chi connectivity index (χ0n) is 14.1. The van der Waals surface area contributed by atoms with Gasteiger partial charge in [0.1, 0.15) is 5.75 Å². The van der Waals surface area contributed by atoms with Gasteiger partial charge in [-0.15, -0.1) is 0 Å². The fourth-order valence-corrected chi connectivity index (χ4v) is 3.27. The smallest absolute Gasteiger partial charge is 0.122 e. The quantitative estimate of drug-likeness (QED) is 0.815. The minimum absolute atomic E-state index is 1.02. The van der Waals surface area contributed by atoms with Gasteiger partial charge in [0, 0.05) is 26.2 Å². The van der Waals surface area contributed by atoms with E-state index in [4.69, 9.17) is 4.74 Å². The molecule has 1 saturated heterocycles. The lowest BCUT2D eigenvalue weighted by atomic mass is 9.93. The van der Waals surface area contributed by atoms with Crippen LogP contribution in [0.15, 0.2) is 6.07 Å². The molecule has 0 atom stereocenters. The number of ether oxygens (including phenoxy) is 1. The molecule has 1 aliphatic heterocycles. The number of benzene rings is 1. The van der Waals surface area contributed by atoms with Crippen LogP contribution in [0.1, 0.15) is 35.1 Å². The monoisotopic (exact) mass is 290 g/mol. The van der Waals surface area contributed by atoms with Gasteiger partial charge in [-0.3, -0.25) is 0 Å². The molecular weight excluding hydrogens is 260 g/mol. The summed E-state index contributed by atoms with van der Waals surface area (Å²) in [5.41, 5.74) is 5.60. The molecular formula is C18H30N2O. The molecule has 0 aliphatic carbocycles. The number of piperazine rings is 1. The summed E-state index contributed by atoms with van der Waals surface area (Å²) in [5, 5.41) is 3.41. The fourth-order valence-electron chi connectivity index (χ4n) is 3.27. The van der Waals surface area contributed by atoms with E-state index in [9.17, 15) is 0 Å². The SMILES string of the molecule is COc1cc(C)c(CCCCN2CCNCC2)c(C)c1C. The first-order valence-corrected chi connectivity index (χ1v) is 8.20. The maximum absolute atomic E-state index is 5.45. The molecule has 1 fully saturated rings. The van der Waals surface area contributed by atoms with E-state index in [1.807, 2.05) is 0 Å². The fraction of sp³-hybridized carbons (Fsp3) is 0.667. The molecule has 0 saturated carbocycles. The summed E-state index contributed by atoms with van der Waals surface area (Å²) >= 11 is 0. The molecule has 0 aromatic heterocycles. The van der Waals surface area contributed by atoms with Gasteiger partial charge in [0.2, 0.25) is 0 Å². The lowest BCUT2D eigenvalue weighted by molar-refractivity contribution is 0.237. The van der Waals surface area contributed by atoms with Crippen molar-refractivity contribution < 1.29 is 4.74 Å². The van der Waals surface area contributed by atoms with Crippen molar-refractivity contribution in [3.8, 4) is 5.75 Å². The second-order valence-corrected chi connectivity index (χ2v) is 6.17. The third-order valence-electron chi connectivity index (χ3n) is 4.79. The highest BCUT2D eigenvalue weighted by Gasteiger charge is 2.11. The van der Waals surface area contributed by atoms with Gasteiger partial charge in [0.25, 0.3) is 0 Å². The molecule has 1 N–H and O–H groups in total. The first-order valence-electron chi connectivity index (χ1n) is 8.20. The van der Waals surface area contributed by atoms with Crippen LogP contribution in [0, 0.1) is 20.8 Å². The van der Waals surface area contributed by atoms with Crippen LogP contribution in [-0.4, -0.2) is 44.7 Å². The van der Waals surface area contributed by atoms with E-state index in [1.54, 1.807) is 7.11 Å². The Morgan fingerprint density at radius 1 is 1.10 bits per heavy atom. The summed E-state index contributed by atoms with van der Waals surface area (Å²) < 4.78 is 5.45. The summed E-state index contributed by atoms with van der Waals surface area (Å²) in [6.45, 7) is 12.6. The molecule has 3 heteroatoms. The van der Waals surface area contributed by atoms with Crippen LogP contribution >= 0.6 is 0 Å². The Hall–Kier alpha value is -1.06. The van der Waals surface area contributed by atoms with Gasteiger partial charge in [0.05, 0.1) is 7.11 Å². The van der Waals surface area contributed by atoms with Crippen molar-refractivity contribution in [2.24, 2.45) is 0 Å². The lowest BCUT2D eigenvalue weighted by Crippen LogP contribution is -2.43. The maximum Gasteiger partial charge on any atom is 0.122 e. The molecule has 0 radical (unpaired) electrons. The average molecular weight is 290 g/mol. The summed E-state index contributed by atoms with van der Waals surface area (Å²) in [5.74, 6) is 1.02. The molecule has 1 aromatic carbocycles. The van der Waals surface area contributed by atoms with Crippen molar-refractivity contribution >= 4 is 0 Å². The van der Waals surface area contributed by atoms with E-state index >= 15 is 0 Å². The topological polar surface area (TPSA) is 24.5 Å². The highest BCUT2D eigenvalue weighted by molar-refractivity contribution is 5.48. The Morgan fingerprint density at radius 2 is 1.81 bits per heavy atom. The van der Waals surface area contributed by atoms with Gasteiger partial charge in [-0.25, -0.2) is 0 Å². The number of aryl methyl sites for hydroxylation is 1. The van der Waals surface area contributed by atoms with Crippen LogP contribution in [-0.2, 0) is 6.42 Å². The Bertz CT molecular complexity index is 465. The van der Waals surface area contributed by atoms with Gasteiger partial charge in [0.15, 0.2) is 0 Å². The predicted octanol–water partition coefficient (Wildman–Crippen LogP) is 2.85. The summed E-state index contributed by atoms with van der Waals surface area (Å²) in [4.78, 5) is 2.58. The number of nitrogens with zero attached hydrogens (tertiary/aromatic N) is 1. The minimum Gasteiger partial charge on any atom is -0.496 e. The van der Waals surface area contributed by atoms with Crippen molar-refractivity contribution in [1.82, 2.24) is 10.2 Å². The van der Waals surface area contributed by atoms with Crippen LogP contribution in [0.2, 0.25) is 0 Å². The van der Waals surface area contributed by atoms with Crippen molar-refractivity contribution in [3.05, 3.63) is 28.3 Å². The van der Waals surface area contributed by atoms with Gasteiger partial charge in [-0.2, -0.15) is 0 Å². The van der Waals surface area contributed by atoms with E-state index in [0.717, 1.165) is 18.8 Å². The Kier molecular flexibility index (Phi) is 6.07. The predicted molar refractivity (Wildman–Crippen MR) is 89.5 cm³/mol. The van der Waals surface area contributed by atoms with Crippen molar-refractivity contribution in [1.29, 1.82) is 0 Å². The van der Waals surface area contributed by atoms with E-state index in [1.165, 1.54) is 61.2 Å². The number of hydrogen-bond acceptors (Lipinski definition) is 3. The standard InChI is InChI=1S/C18H30N2O/c1-14-13-18(21-4)16(3)15(2)17(14)7-5-6-10-20-11-8-19-9-12-20/h13,19H,5-12H2,1-4H3.